The Balaban J connectivity index is 2.10. The third-order valence-corrected chi connectivity index (χ3v) is 3.95. The summed E-state index contributed by atoms with van der Waals surface area (Å²) in [5.41, 5.74) is 0.561. The number of ether oxygens (including phenoxy) is 1. The SMILES string of the molecule is CCCC1CCCCN1C(=O)c1cccc(OCC(=O)O)c1. The highest BCUT2D eigenvalue weighted by molar-refractivity contribution is 5.94. The molecule has 1 amide bonds. The number of rotatable bonds is 6. The van der Waals surface area contributed by atoms with Gasteiger partial charge in [-0.2, -0.15) is 0 Å². The summed E-state index contributed by atoms with van der Waals surface area (Å²) in [6.45, 7) is 2.53. The van der Waals surface area contributed by atoms with E-state index in [1.807, 2.05) is 4.90 Å². The van der Waals surface area contributed by atoms with Crippen LogP contribution in [0.1, 0.15) is 49.4 Å². The molecule has 1 aromatic rings. The molecule has 1 unspecified atom stereocenters. The first-order valence-electron chi connectivity index (χ1n) is 7.87. The fraction of sp³-hybridized carbons (Fsp3) is 0.529. The van der Waals surface area contributed by atoms with Crippen molar-refractivity contribution >= 4 is 11.9 Å². The number of hydrogen-bond donors (Lipinski definition) is 1. The van der Waals surface area contributed by atoms with Crippen LogP contribution in [0.4, 0.5) is 0 Å². The van der Waals surface area contributed by atoms with Crippen LogP contribution in [-0.4, -0.2) is 41.1 Å². The van der Waals surface area contributed by atoms with Gasteiger partial charge in [0.15, 0.2) is 6.61 Å². The number of nitrogens with zero attached hydrogens (tertiary/aromatic N) is 1. The van der Waals surface area contributed by atoms with E-state index in [0.717, 1.165) is 32.2 Å². The molecule has 5 nitrogen and oxygen atoms in total. The summed E-state index contributed by atoms with van der Waals surface area (Å²) in [5, 5.41) is 8.65. The van der Waals surface area contributed by atoms with Gasteiger partial charge < -0.3 is 14.7 Å². The topological polar surface area (TPSA) is 66.8 Å². The monoisotopic (exact) mass is 305 g/mol. The molecule has 1 aliphatic rings. The van der Waals surface area contributed by atoms with Gasteiger partial charge in [-0.15, -0.1) is 0 Å². The van der Waals surface area contributed by atoms with Gasteiger partial charge in [-0.3, -0.25) is 4.79 Å². The van der Waals surface area contributed by atoms with Gasteiger partial charge >= 0.3 is 5.97 Å². The fourth-order valence-electron chi connectivity index (χ4n) is 2.93. The Labute approximate surface area is 130 Å². The highest BCUT2D eigenvalue weighted by Gasteiger charge is 2.26. The van der Waals surface area contributed by atoms with E-state index >= 15 is 0 Å². The van der Waals surface area contributed by atoms with Crippen molar-refractivity contribution in [1.29, 1.82) is 0 Å². The molecule has 1 heterocycles. The second-order valence-electron chi connectivity index (χ2n) is 5.65. The second-order valence-corrected chi connectivity index (χ2v) is 5.65. The summed E-state index contributed by atoms with van der Waals surface area (Å²) in [4.78, 5) is 25.2. The zero-order valence-electron chi connectivity index (χ0n) is 13.0. The van der Waals surface area contributed by atoms with Gasteiger partial charge in [0.05, 0.1) is 0 Å². The summed E-state index contributed by atoms with van der Waals surface area (Å²) in [7, 11) is 0. The standard InChI is InChI=1S/C17H23NO4/c1-2-6-14-8-3-4-10-18(14)17(21)13-7-5-9-15(11-13)22-12-16(19)20/h5,7,9,11,14H,2-4,6,8,10,12H2,1H3,(H,19,20). The van der Waals surface area contributed by atoms with E-state index in [-0.39, 0.29) is 5.91 Å². The number of carbonyl (C=O) groups excluding carboxylic acids is 1. The number of likely N-dealkylation sites (tertiary alicyclic amines) is 1. The first-order valence-corrected chi connectivity index (χ1v) is 7.87. The number of piperidine rings is 1. The van der Waals surface area contributed by atoms with E-state index in [0.29, 0.717) is 17.4 Å². The molecular weight excluding hydrogens is 282 g/mol. The molecule has 120 valence electrons. The quantitative estimate of drug-likeness (QED) is 0.877. The third-order valence-electron chi connectivity index (χ3n) is 3.95. The number of carboxylic acid groups (broad SMARTS) is 1. The van der Waals surface area contributed by atoms with Crippen molar-refractivity contribution in [1.82, 2.24) is 4.90 Å². The summed E-state index contributed by atoms with van der Waals surface area (Å²) in [5.74, 6) is -0.605. The lowest BCUT2D eigenvalue weighted by Crippen LogP contribution is -2.43. The first-order chi connectivity index (χ1) is 10.6. The van der Waals surface area contributed by atoms with Crippen molar-refractivity contribution in [2.75, 3.05) is 13.2 Å². The number of carbonyl (C=O) groups is 2. The summed E-state index contributed by atoms with van der Waals surface area (Å²) < 4.78 is 5.15. The van der Waals surface area contributed by atoms with Crippen LogP contribution >= 0.6 is 0 Å². The van der Waals surface area contributed by atoms with Crippen LogP contribution in [0, 0.1) is 0 Å². The molecule has 0 bridgehead atoms. The van der Waals surface area contributed by atoms with Crippen LogP contribution in [0.25, 0.3) is 0 Å². The Hall–Kier alpha value is -2.04. The maximum Gasteiger partial charge on any atom is 0.341 e. The normalized spacial score (nSPS) is 18.0. The van der Waals surface area contributed by atoms with E-state index in [1.54, 1.807) is 24.3 Å². The van der Waals surface area contributed by atoms with Gasteiger partial charge in [0.25, 0.3) is 5.91 Å². The Morgan fingerprint density at radius 2 is 2.18 bits per heavy atom. The zero-order chi connectivity index (χ0) is 15.9. The molecule has 0 spiro atoms. The predicted molar refractivity (Wildman–Crippen MR) is 83.2 cm³/mol. The van der Waals surface area contributed by atoms with Crippen LogP contribution in [0.2, 0.25) is 0 Å². The van der Waals surface area contributed by atoms with Crippen LogP contribution < -0.4 is 4.74 Å². The summed E-state index contributed by atoms with van der Waals surface area (Å²) >= 11 is 0. The van der Waals surface area contributed by atoms with Crippen molar-refractivity contribution in [3.8, 4) is 5.75 Å². The van der Waals surface area contributed by atoms with E-state index in [1.165, 1.54) is 6.42 Å². The van der Waals surface area contributed by atoms with Gasteiger partial charge in [0, 0.05) is 18.2 Å². The predicted octanol–water partition coefficient (Wildman–Crippen LogP) is 2.94. The summed E-state index contributed by atoms with van der Waals surface area (Å²) in [6.07, 6.45) is 5.38. The molecule has 0 aromatic heterocycles. The molecule has 5 heteroatoms. The smallest absolute Gasteiger partial charge is 0.341 e. The third kappa shape index (κ3) is 4.23. The Morgan fingerprint density at radius 1 is 1.36 bits per heavy atom. The molecule has 1 atom stereocenters. The van der Waals surface area contributed by atoms with Crippen LogP contribution in [-0.2, 0) is 4.79 Å². The highest BCUT2D eigenvalue weighted by atomic mass is 16.5. The maximum atomic E-state index is 12.7. The summed E-state index contributed by atoms with van der Waals surface area (Å²) in [6, 6.07) is 7.09. The van der Waals surface area contributed by atoms with E-state index in [9.17, 15) is 9.59 Å². The number of amides is 1. The number of aliphatic carboxylic acids is 1. The van der Waals surface area contributed by atoms with Gasteiger partial charge in [-0.1, -0.05) is 19.4 Å². The second kappa shape index (κ2) is 7.82. The fourth-order valence-corrected chi connectivity index (χ4v) is 2.93. The lowest BCUT2D eigenvalue weighted by atomic mass is 9.97. The molecule has 1 saturated heterocycles. The van der Waals surface area contributed by atoms with Crippen molar-refractivity contribution in [2.45, 2.75) is 45.1 Å². The van der Waals surface area contributed by atoms with Crippen molar-refractivity contribution < 1.29 is 19.4 Å². The lowest BCUT2D eigenvalue weighted by Gasteiger charge is -2.36. The highest BCUT2D eigenvalue weighted by Crippen LogP contribution is 2.24. The minimum absolute atomic E-state index is 0.0129. The number of hydrogen-bond acceptors (Lipinski definition) is 3. The molecule has 1 N–H and O–H groups in total. The number of carboxylic acids is 1. The largest absolute Gasteiger partial charge is 0.482 e. The van der Waals surface area contributed by atoms with Gasteiger partial charge in [-0.05, 0) is 43.9 Å². The first kappa shape index (κ1) is 16.3. The zero-order valence-corrected chi connectivity index (χ0v) is 13.0. The van der Waals surface area contributed by atoms with E-state index in [4.69, 9.17) is 9.84 Å². The van der Waals surface area contributed by atoms with Crippen LogP contribution in [0.15, 0.2) is 24.3 Å². The lowest BCUT2D eigenvalue weighted by molar-refractivity contribution is -0.139. The molecule has 1 aromatic carbocycles. The van der Waals surface area contributed by atoms with Gasteiger partial charge in [0.2, 0.25) is 0 Å². The van der Waals surface area contributed by atoms with Crippen LogP contribution in [0.3, 0.4) is 0 Å². The van der Waals surface area contributed by atoms with Gasteiger partial charge in [-0.25, -0.2) is 4.79 Å². The molecule has 22 heavy (non-hydrogen) atoms. The van der Waals surface area contributed by atoms with Gasteiger partial charge in [0.1, 0.15) is 5.75 Å². The van der Waals surface area contributed by atoms with Crippen molar-refractivity contribution in [3.63, 3.8) is 0 Å². The molecule has 0 radical (unpaired) electrons. The van der Waals surface area contributed by atoms with Crippen LogP contribution in [0.5, 0.6) is 5.75 Å². The average Bonchev–Trinajstić information content (AvgIpc) is 2.53. The minimum Gasteiger partial charge on any atom is -0.482 e. The van der Waals surface area contributed by atoms with E-state index < -0.39 is 12.6 Å². The van der Waals surface area contributed by atoms with Crippen molar-refractivity contribution in [3.05, 3.63) is 29.8 Å². The Bertz CT molecular complexity index is 527. The molecule has 0 aliphatic carbocycles. The van der Waals surface area contributed by atoms with E-state index in [2.05, 4.69) is 6.92 Å². The maximum absolute atomic E-state index is 12.7. The molecule has 0 saturated carbocycles. The average molecular weight is 305 g/mol. The minimum atomic E-state index is -1.03. The molecule has 1 fully saturated rings. The van der Waals surface area contributed by atoms with Crippen molar-refractivity contribution in [2.24, 2.45) is 0 Å². The Morgan fingerprint density at radius 3 is 2.91 bits per heavy atom. The molecule has 1 aliphatic heterocycles. The molecule has 2 rings (SSSR count). The Kier molecular flexibility index (Phi) is 5.81. The molecular formula is C17H23NO4. The number of benzene rings is 1.